The fourth-order valence-electron chi connectivity index (χ4n) is 3.07. The molecular weight excluding hydrogens is 296 g/mol. The van der Waals surface area contributed by atoms with Gasteiger partial charge in [0.1, 0.15) is 23.6 Å². The van der Waals surface area contributed by atoms with Crippen LogP contribution >= 0.6 is 0 Å². The van der Waals surface area contributed by atoms with Crippen molar-refractivity contribution < 1.29 is 18.7 Å². The molecule has 1 fully saturated rings. The highest BCUT2D eigenvalue weighted by atomic mass is 16.5. The highest BCUT2D eigenvalue weighted by Gasteiger charge is 2.33. The number of amides is 2. The highest BCUT2D eigenvalue weighted by molar-refractivity contribution is 6.07. The number of hydrogen-bond acceptors (Lipinski definition) is 4. The SMILES string of the molecule is CNC(=O)C1CCCCN1C(=O)c1coc2ccc(OC)cc12. The van der Waals surface area contributed by atoms with E-state index < -0.39 is 6.04 Å². The Labute approximate surface area is 134 Å². The molecule has 23 heavy (non-hydrogen) atoms. The second-order valence-electron chi connectivity index (χ2n) is 5.64. The predicted octanol–water partition coefficient (Wildman–Crippen LogP) is 2.18. The highest BCUT2D eigenvalue weighted by Crippen LogP contribution is 2.28. The number of furan rings is 1. The number of ether oxygens (including phenoxy) is 1. The van der Waals surface area contributed by atoms with Gasteiger partial charge in [0.25, 0.3) is 5.91 Å². The van der Waals surface area contributed by atoms with Crippen molar-refractivity contribution in [3.63, 3.8) is 0 Å². The standard InChI is InChI=1S/C17H20N2O4/c1-18-16(20)14-5-3-4-8-19(14)17(21)13-10-23-15-7-6-11(22-2)9-12(13)15/h6-7,9-10,14H,3-5,8H2,1-2H3,(H,18,20). The molecular formula is C17H20N2O4. The van der Waals surface area contributed by atoms with Crippen molar-refractivity contribution in [2.24, 2.45) is 0 Å². The second-order valence-corrected chi connectivity index (χ2v) is 5.64. The molecule has 3 rings (SSSR count). The van der Waals surface area contributed by atoms with Crippen molar-refractivity contribution in [2.75, 3.05) is 20.7 Å². The molecule has 1 N–H and O–H groups in total. The fraction of sp³-hybridized carbons (Fsp3) is 0.412. The first-order valence-electron chi connectivity index (χ1n) is 7.73. The monoisotopic (exact) mass is 316 g/mol. The Balaban J connectivity index is 1.96. The number of likely N-dealkylation sites (N-methyl/N-ethyl adjacent to an activating group) is 1. The zero-order valence-electron chi connectivity index (χ0n) is 13.3. The van der Waals surface area contributed by atoms with Crippen molar-refractivity contribution >= 4 is 22.8 Å². The van der Waals surface area contributed by atoms with Crippen LogP contribution in [-0.2, 0) is 4.79 Å². The van der Waals surface area contributed by atoms with Crippen LogP contribution < -0.4 is 10.1 Å². The first-order chi connectivity index (χ1) is 11.2. The number of methoxy groups -OCH3 is 1. The van der Waals surface area contributed by atoms with Crippen molar-refractivity contribution in [1.29, 1.82) is 0 Å². The Bertz CT molecular complexity index is 737. The van der Waals surface area contributed by atoms with Crippen LogP contribution in [0.2, 0.25) is 0 Å². The van der Waals surface area contributed by atoms with Gasteiger partial charge in [-0.05, 0) is 37.5 Å². The molecule has 0 saturated carbocycles. The lowest BCUT2D eigenvalue weighted by atomic mass is 10.00. The molecule has 0 spiro atoms. The molecule has 6 heteroatoms. The van der Waals surface area contributed by atoms with E-state index in [0.717, 1.165) is 12.8 Å². The third kappa shape index (κ3) is 2.76. The maximum absolute atomic E-state index is 13.0. The number of likely N-dealkylation sites (tertiary alicyclic amines) is 1. The summed E-state index contributed by atoms with van der Waals surface area (Å²) < 4.78 is 10.7. The molecule has 1 aromatic carbocycles. The van der Waals surface area contributed by atoms with Crippen LogP contribution in [0, 0.1) is 0 Å². The topological polar surface area (TPSA) is 71.8 Å². The Hall–Kier alpha value is -2.50. The summed E-state index contributed by atoms with van der Waals surface area (Å²) in [6, 6.07) is 4.92. The third-order valence-electron chi connectivity index (χ3n) is 4.32. The number of benzene rings is 1. The predicted molar refractivity (Wildman–Crippen MR) is 85.5 cm³/mol. The second kappa shape index (κ2) is 6.32. The molecule has 0 radical (unpaired) electrons. The van der Waals surface area contributed by atoms with Crippen molar-refractivity contribution in [3.05, 3.63) is 30.0 Å². The molecule has 6 nitrogen and oxygen atoms in total. The van der Waals surface area contributed by atoms with Gasteiger partial charge in [-0.2, -0.15) is 0 Å². The average Bonchev–Trinajstić information content (AvgIpc) is 3.03. The number of fused-ring (bicyclic) bond motifs is 1. The van der Waals surface area contributed by atoms with Crippen LogP contribution in [-0.4, -0.2) is 43.5 Å². The van der Waals surface area contributed by atoms with Crippen LogP contribution in [0.4, 0.5) is 0 Å². The molecule has 1 saturated heterocycles. The van der Waals surface area contributed by atoms with E-state index in [1.807, 2.05) is 0 Å². The lowest BCUT2D eigenvalue weighted by Gasteiger charge is -2.34. The number of nitrogens with zero attached hydrogens (tertiary/aromatic N) is 1. The maximum atomic E-state index is 13.0. The Morgan fingerprint density at radius 1 is 1.35 bits per heavy atom. The minimum Gasteiger partial charge on any atom is -0.497 e. The molecule has 1 atom stereocenters. The van der Waals surface area contributed by atoms with E-state index in [9.17, 15) is 9.59 Å². The van der Waals surface area contributed by atoms with Crippen molar-refractivity contribution in [3.8, 4) is 5.75 Å². The lowest BCUT2D eigenvalue weighted by Crippen LogP contribution is -2.51. The molecule has 0 bridgehead atoms. The first kappa shape index (κ1) is 15.4. The summed E-state index contributed by atoms with van der Waals surface area (Å²) in [7, 11) is 3.17. The zero-order chi connectivity index (χ0) is 16.4. The van der Waals surface area contributed by atoms with Crippen LogP contribution in [0.15, 0.2) is 28.9 Å². The lowest BCUT2D eigenvalue weighted by molar-refractivity contribution is -0.126. The summed E-state index contributed by atoms with van der Waals surface area (Å²) in [4.78, 5) is 26.7. The molecule has 1 unspecified atom stereocenters. The van der Waals surface area contributed by atoms with Crippen LogP contribution in [0.1, 0.15) is 29.6 Å². The number of nitrogens with one attached hydrogen (secondary N) is 1. The zero-order valence-corrected chi connectivity index (χ0v) is 13.3. The number of rotatable bonds is 3. The van der Waals surface area contributed by atoms with E-state index in [0.29, 0.717) is 35.2 Å². The minimum absolute atomic E-state index is 0.122. The average molecular weight is 316 g/mol. The van der Waals surface area contributed by atoms with Crippen LogP contribution in [0.25, 0.3) is 11.0 Å². The summed E-state index contributed by atoms with van der Waals surface area (Å²) in [6.45, 7) is 0.577. The van der Waals surface area contributed by atoms with E-state index in [2.05, 4.69) is 5.32 Å². The Morgan fingerprint density at radius 2 is 2.17 bits per heavy atom. The van der Waals surface area contributed by atoms with Crippen LogP contribution in [0.3, 0.4) is 0 Å². The fourth-order valence-corrected chi connectivity index (χ4v) is 3.07. The number of piperidine rings is 1. The van der Waals surface area contributed by atoms with E-state index in [-0.39, 0.29) is 11.8 Å². The number of carbonyl (C=O) groups is 2. The molecule has 2 heterocycles. The van der Waals surface area contributed by atoms with Gasteiger partial charge in [0.15, 0.2) is 0 Å². The van der Waals surface area contributed by atoms with Gasteiger partial charge in [-0.25, -0.2) is 0 Å². The van der Waals surface area contributed by atoms with Gasteiger partial charge in [-0.1, -0.05) is 0 Å². The number of hydrogen-bond donors (Lipinski definition) is 1. The summed E-state index contributed by atoms with van der Waals surface area (Å²) in [5, 5.41) is 3.35. The normalized spacial score (nSPS) is 18.0. The van der Waals surface area contributed by atoms with E-state index in [4.69, 9.17) is 9.15 Å². The van der Waals surface area contributed by atoms with Crippen LogP contribution in [0.5, 0.6) is 5.75 Å². The van der Waals surface area contributed by atoms with E-state index in [1.54, 1.807) is 37.3 Å². The van der Waals surface area contributed by atoms with Gasteiger partial charge < -0.3 is 19.4 Å². The van der Waals surface area contributed by atoms with Gasteiger partial charge in [0, 0.05) is 19.0 Å². The van der Waals surface area contributed by atoms with Crippen molar-refractivity contribution in [2.45, 2.75) is 25.3 Å². The van der Waals surface area contributed by atoms with E-state index >= 15 is 0 Å². The van der Waals surface area contributed by atoms with Gasteiger partial charge in [-0.15, -0.1) is 0 Å². The third-order valence-corrected chi connectivity index (χ3v) is 4.32. The minimum atomic E-state index is -0.420. The molecule has 1 aromatic heterocycles. The maximum Gasteiger partial charge on any atom is 0.258 e. The number of carbonyl (C=O) groups excluding carboxylic acids is 2. The summed E-state index contributed by atoms with van der Waals surface area (Å²) >= 11 is 0. The van der Waals surface area contributed by atoms with Gasteiger partial charge in [-0.3, -0.25) is 9.59 Å². The van der Waals surface area contributed by atoms with E-state index in [1.165, 1.54) is 6.26 Å². The van der Waals surface area contributed by atoms with Gasteiger partial charge >= 0.3 is 0 Å². The largest absolute Gasteiger partial charge is 0.497 e. The molecule has 1 aliphatic rings. The Morgan fingerprint density at radius 3 is 2.91 bits per heavy atom. The molecule has 2 amide bonds. The molecule has 2 aromatic rings. The summed E-state index contributed by atoms with van der Waals surface area (Å²) in [5.74, 6) is 0.364. The molecule has 1 aliphatic heterocycles. The molecule has 122 valence electrons. The molecule has 0 aliphatic carbocycles. The summed E-state index contributed by atoms with van der Waals surface area (Å²) in [6.07, 6.45) is 3.99. The smallest absolute Gasteiger partial charge is 0.258 e. The summed E-state index contributed by atoms with van der Waals surface area (Å²) in [5.41, 5.74) is 1.09. The van der Waals surface area contributed by atoms with Gasteiger partial charge in [0.05, 0.1) is 12.7 Å². The Kier molecular flexibility index (Phi) is 4.23. The quantitative estimate of drug-likeness (QED) is 0.942. The van der Waals surface area contributed by atoms with Crippen molar-refractivity contribution in [1.82, 2.24) is 10.2 Å². The van der Waals surface area contributed by atoms with Gasteiger partial charge in [0.2, 0.25) is 5.91 Å². The first-order valence-corrected chi connectivity index (χ1v) is 7.73.